The number of amides is 1. The third-order valence-electron chi connectivity index (χ3n) is 3.15. The quantitative estimate of drug-likeness (QED) is 0.358. The average molecular weight is 392 g/mol. The van der Waals surface area contributed by atoms with Gasteiger partial charge in [0, 0.05) is 6.42 Å². The normalized spacial score (nSPS) is 13.3. The molecule has 9 nitrogen and oxygen atoms in total. The molecular weight excluding hydrogens is 377 g/mol. The van der Waals surface area contributed by atoms with Crippen LogP contribution in [-0.4, -0.2) is 52.3 Å². The average Bonchev–Trinajstić information content (AvgIpc) is 2.54. The lowest BCUT2D eigenvalue weighted by Gasteiger charge is -2.17. The zero-order valence-corrected chi connectivity index (χ0v) is 13.5. The summed E-state index contributed by atoms with van der Waals surface area (Å²) >= 11 is 0. The Morgan fingerprint density at radius 1 is 1.11 bits per heavy atom. The van der Waals surface area contributed by atoms with Crippen LogP contribution in [0, 0.1) is 0 Å². The Balaban J connectivity index is 2.75. The van der Waals surface area contributed by atoms with Crippen molar-refractivity contribution in [3.8, 4) is 5.75 Å². The van der Waals surface area contributed by atoms with Crippen molar-refractivity contribution in [1.82, 2.24) is 5.32 Å². The summed E-state index contributed by atoms with van der Waals surface area (Å²) in [5.74, 6) is -6.56. The van der Waals surface area contributed by atoms with Gasteiger partial charge in [-0.1, -0.05) is 12.1 Å². The maximum Gasteiger partial charge on any atom is 0.491 e. The molecule has 12 heteroatoms. The molecule has 0 aliphatic heterocycles. The van der Waals surface area contributed by atoms with Crippen LogP contribution in [0.15, 0.2) is 24.3 Å². The van der Waals surface area contributed by atoms with E-state index in [1.54, 1.807) is 0 Å². The number of nitrogens with two attached hydrogens (primary N) is 1. The van der Waals surface area contributed by atoms with Crippen LogP contribution in [0.3, 0.4) is 0 Å². The van der Waals surface area contributed by atoms with Gasteiger partial charge in [-0.2, -0.15) is 13.2 Å². The third kappa shape index (κ3) is 7.32. The number of benzene rings is 1. The Bertz CT molecular complexity index is 719. The second-order valence-electron chi connectivity index (χ2n) is 5.34. The molecule has 1 aromatic carbocycles. The number of hydrogen-bond acceptors (Lipinski definition) is 6. The van der Waals surface area contributed by atoms with Gasteiger partial charge in [-0.3, -0.25) is 9.59 Å². The number of esters is 1. The molecule has 0 unspecified atom stereocenters. The van der Waals surface area contributed by atoms with E-state index in [0.717, 1.165) is 12.1 Å². The Labute approximate surface area is 149 Å². The SMILES string of the molecule is N[C@@H](CC(=O)O)C(=O)N[C@@H](Cc1ccc(OC(=O)C(F)(F)F)cc1)C(=O)O. The predicted molar refractivity (Wildman–Crippen MR) is 81.6 cm³/mol. The Morgan fingerprint density at radius 3 is 2.11 bits per heavy atom. The van der Waals surface area contributed by atoms with E-state index in [0.29, 0.717) is 5.56 Å². The van der Waals surface area contributed by atoms with E-state index in [4.69, 9.17) is 15.9 Å². The van der Waals surface area contributed by atoms with Crippen molar-refractivity contribution < 1.29 is 47.3 Å². The molecule has 0 aromatic heterocycles. The predicted octanol–water partition coefficient (Wildman–Crippen LogP) is 0.0682. The number of alkyl halides is 3. The molecule has 0 bridgehead atoms. The van der Waals surface area contributed by atoms with Crippen LogP contribution in [0.2, 0.25) is 0 Å². The molecule has 148 valence electrons. The van der Waals surface area contributed by atoms with Gasteiger partial charge in [-0.25, -0.2) is 9.59 Å². The number of carboxylic acids is 2. The van der Waals surface area contributed by atoms with E-state index in [9.17, 15) is 32.3 Å². The molecule has 0 fully saturated rings. The molecule has 0 spiro atoms. The maximum absolute atomic E-state index is 12.1. The minimum absolute atomic E-state index is 0.269. The smallest absolute Gasteiger partial charge is 0.481 e. The van der Waals surface area contributed by atoms with Gasteiger partial charge < -0.3 is 26.0 Å². The lowest BCUT2D eigenvalue weighted by molar-refractivity contribution is -0.189. The van der Waals surface area contributed by atoms with Gasteiger partial charge in [-0.15, -0.1) is 0 Å². The molecule has 1 aromatic rings. The number of aliphatic carboxylic acids is 2. The first-order valence-corrected chi connectivity index (χ1v) is 7.28. The van der Waals surface area contributed by atoms with Gasteiger partial charge in [-0.05, 0) is 17.7 Å². The molecule has 2 atom stereocenters. The van der Waals surface area contributed by atoms with Crippen molar-refractivity contribution in [1.29, 1.82) is 0 Å². The van der Waals surface area contributed by atoms with Gasteiger partial charge in [0.2, 0.25) is 5.91 Å². The second-order valence-corrected chi connectivity index (χ2v) is 5.34. The van der Waals surface area contributed by atoms with Crippen LogP contribution in [0.25, 0.3) is 0 Å². The number of halogens is 3. The second kappa shape index (κ2) is 8.98. The highest BCUT2D eigenvalue weighted by molar-refractivity contribution is 5.89. The minimum atomic E-state index is -5.16. The van der Waals surface area contributed by atoms with Crippen LogP contribution in [-0.2, 0) is 25.6 Å². The number of nitrogens with one attached hydrogen (secondary N) is 1. The highest BCUT2D eigenvalue weighted by atomic mass is 19.4. The molecule has 0 heterocycles. The summed E-state index contributed by atoms with van der Waals surface area (Å²) in [5.41, 5.74) is 5.63. The molecule has 27 heavy (non-hydrogen) atoms. The molecule has 0 saturated carbocycles. The summed E-state index contributed by atoms with van der Waals surface area (Å²) in [6, 6.07) is 1.55. The van der Waals surface area contributed by atoms with E-state index in [-0.39, 0.29) is 6.42 Å². The van der Waals surface area contributed by atoms with Crippen LogP contribution >= 0.6 is 0 Å². The van der Waals surface area contributed by atoms with Crippen molar-refractivity contribution in [2.75, 3.05) is 0 Å². The summed E-state index contributed by atoms with van der Waals surface area (Å²) in [6.45, 7) is 0. The summed E-state index contributed by atoms with van der Waals surface area (Å²) < 4.78 is 40.4. The van der Waals surface area contributed by atoms with E-state index in [2.05, 4.69) is 10.1 Å². The Kier molecular flexibility index (Phi) is 7.28. The number of carboxylic acid groups (broad SMARTS) is 2. The van der Waals surface area contributed by atoms with Gasteiger partial charge >= 0.3 is 24.1 Å². The van der Waals surface area contributed by atoms with Crippen molar-refractivity contribution in [3.63, 3.8) is 0 Å². The molecule has 1 rings (SSSR count). The zero-order chi connectivity index (χ0) is 20.8. The maximum atomic E-state index is 12.1. The summed E-state index contributed by atoms with van der Waals surface area (Å²) in [7, 11) is 0. The highest BCUT2D eigenvalue weighted by Gasteiger charge is 2.41. The van der Waals surface area contributed by atoms with E-state index < -0.39 is 54.2 Å². The van der Waals surface area contributed by atoms with Crippen LogP contribution in [0.1, 0.15) is 12.0 Å². The largest absolute Gasteiger partial charge is 0.491 e. The first kappa shape index (κ1) is 21.9. The monoisotopic (exact) mass is 392 g/mol. The summed E-state index contributed by atoms with van der Waals surface area (Å²) in [5, 5.41) is 19.8. The van der Waals surface area contributed by atoms with E-state index >= 15 is 0 Å². The first-order chi connectivity index (χ1) is 12.4. The molecular formula is C15H15F3N2O7. The lowest BCUT2D eigenvalue weighted by Crippen LogP contribution is -2.49. The molecule has 0 aliphatic rings. The van der Waals surface area contributed by atoms with Crippen molar-refractivity contribution >= 4 is 23.8 Å². The van der Waals surface area contributed by atoms with E-state index in [1.807, 2.05) is 0 Å². The fraction of sp³-hybridized carbons (Fsp3) is 0.333. The first-order valence-electron chi connectivity index (χ1n) is 7.28. The zero-order valence-electron chi connectivity index (χ0n) is 13.5. The van der Waals surface area contributed by atoms with Crippen molar-refractivity contribution in [2.24, 2.45) is 5.73 Å². The third-order valence-corrected chi connectivity index (χ3v) is 3.15. The molecule has 0 aliphatic carbocycles. The summed E-state index contributed by atoms with van der Waals surface area (Å²) in [4.78, 5) is 44.2. The van der Waals surface area contributed by atoms with Gasteiger partial charge in [0.1, 0.15) is 11.8 Å². The highest BCUT2D eigenvalue weighted by Crippen LogP contribution is 2.20. The van der Waals surface area contributed by atoms with Crippen molar-refractivity contribution in [2.45, 2.75) is 31.1 Å². The van der Waals surface area contributed by atoms with Gasteiger partial charge in [0.25, 0.3) is 0 Å². The van der Waals surface area contributed by atoms with Crippen LogP contribution < -0.4 is 15.8 Å². The number of hydrogen-bond donors (Lipinski definition) is 4. The van der Waals surface area contributed by atoms with Crippen LogP contribution in [0.4, 0.5) is 13.2 Å². The number of ether oxygens (including phenoxy) is 1. The molecule has 1 amide bonds. The van der Waals surface area contributed by atoms with Gasteiger partial charge in [0.15, 0.2) is 0 Å². The Hall–Kier alpha value is -3.15. The molecule has 0 radical (unpaired) electrons. The fourth-order valence-corrected chi connectivity index (χ4v) is 1.85. The lowest BCUT2D eigenvalue weighted by atomic mass is 10.0. The van der Waals surface area contributed by atoms with Crippen LogP contribution in [0.5, 0.6) is 5.75 Å². The minimum Gasteiger partial charge on any atom is -0.481 e. The topological polar surface area (TPSA) is 156 Å². The number of rotatable bonds is 8. The van der Waals surface area contributed by atoms with Gasteiger partial charge in [0.05, 0.1) is 12.5 Å². The number of carbonyl (C=O) groups is 4. The van der Waals surface area contributed by atoms with E-state index in [1.165, 1.54) is 12.1 Å². The Morgan fingerprint density at radius 2 is 1.67 bits per heavy atom. The number of carbonyl (C=O) groups excluding carboxylic acids is 2. The molecule has 0 saturated heterocycles. The standard InChI is InChI=1S/C15H15F3N2O7/c16-15(17,18)14(26)27-8-3-1-7(2-4-8)5-10(13(24)25)20-12(23)9(19)6-11(21)22/h1-4,9-10H,5-6,19H2,(H,20,23)(H,21,22)(H,24,25)/t9-,10-/m0/s1. The molecule has 5 N–H and O–H groups in total. The fourth-order valence-electron chi connectivity index (χ4n) is 1.85. The van der Waals surface area contributed by atoms with Crippen molar-refractivity contribution in [3.05, 3.63) is 29.8 Å². The summed E-state index contributed by atoms with van der Waals surface area (Å²) in [6.07, 6.45) is -6.13.